The fourth-order valence-corrected chi connectivity index (χ4v) is 4.50. The zero-order chi connectivity index (χ0) is 24.4. The van der Waals surface area contributed by atoms with E-state index in [0.29, 0.717) is 12.3 Å². The lowest BCUT2D eigenvalue weighted by Crippen LogP contribution is -2.39. The number of hydrazone groups is 1. The summed E-state index contributed by atoms with van der Waals surface area (Å²) in [4.78, 5) is 12.7. The van der Waals surface area contributed by atoms with Crippen LogP contribution in [0.15, 0.2) is 88.9 Å². The smallest absolute Gasteiger partial charge is 0.264 e. The fourth-order valence-electron chi connectivity index (χ4n) is 3.08. The molecule has 0 aliphatic rings. The summed E-state index contributed by atoms with van der Waals surface area (Å²) >= 11 is 0. The zero-order valence-corrected chi connectivity index (χ0v) is 20.2. The number of anilines is 1. The second-order valence-electron chi connectivity index (χ2n) is 7.72. The van der Waals surface area contributed by atoms with Crippen LogP contribution in [0.25, 0.3) is 0 Å². The van der Waals surface area contributed by atoms with E-state index in [0.717, 1.165) is 34.0 Å². The highest BCUT2D eigenvalue weighted by atomic mass is 32.2. The molecule has 0 aliphatic heterocycles. The minimum atomic E-state index is -3.95. The largest absolute Gasteiger partial charge is 0.494 e. The van der Waals surface area contributed by atoms with Crippen LogP contribution in [0.1, 0.15) is 30.9 Å². The molecule has 7 nitrogen and oxygen atoms in total. The number of amides is 1. The molecule has 0 bridgehead atoms. The number of unbranched alkanes of at least 4 members (excludes halogenated alkanes) is 1. The summed E-state index contributed by atoms with van der Waals surface area (Å²) in [5.41, 5.74) is 4.52. The van der Waals surface area contributed by atoms with Crippen molar-refractivity contribution in [2.75, 3.05) is 17.5 Å². The van der Waals surface area contributed by atoms with Crippen LogP contribution in [-0.4, -0.2) is 33.7 Å². The van der Waals surface area contributed by atoms with E-state index >= 15 is 0 Å². The molecule has 0 unspecified atom stereocenters. The molecule has 1 amide bonds. The number of ether oxygens (including phenoxy) is 1. The van der Waals surface area contributed by atoms with E-state index in [4.69, 9.17) is 4.74 Å². The highest BCUT2D eigenvalue weighted by molar-refractivity contribution is 7.92. The number of benzene rings is 3. The first-order chi connectivity index (χ1) is 16.4. The van der Waals surface area contributed by atoms with Gasteiger partial charge in [0.25, 0.3) is 15.9 Å². The van der Waals surface area contributed by atoms with Gasteiger partial charge in [0.05, 0.1) is 23.4 Å². The second-order valence-corrected chi connectivity index (χ2v) is 9.59. The van der Waals surface area contributed by atoms with E-state index in [-0.39, 0.29) is 4.90 Å². The normalized spacial score (nSPS) is 11.4. The standard InChI is InChI=1S/C26H29N3O4S/c1-3-4-18-33-24-14-12-22(13-15-24)19-27-28-26(30)20-29(23-8-6-5-7-9-23)34(31,32)25-16-10-21(2)11-17-25/h5-17,19H,3-4,18,20H2,1-2H3,(H,28,30)/b27-19-. The number of nitrogens with zero attached hydrogens (tertiary/aromatic N) is 2. The quantitative estimate of drug-likeness (QED) is 0.249. The third-order valence-corrected chi connectivity index (χ3v) is 6.78. The van der Waals surface area contributed by atoms with Crippen LogP contribution < -0.4 is 14.5 Å². The third-order valence-electron chi connectivity index (χ3n) is 4.99. The van der Waals surface area contributed by atoms with Crippen molar-refractivity contribution in [3.05, 3.63) is 90.0 Å². The molecule has 0 saturated carbocycles. The third kappa shape index (κ3) is 6.92. The van der Waals surface area contributed by atoms with Crippen molar-refractivity contribution in [2.45, 2.75) is 31.6 Å². The van der Waals surface area contributed by atoms with E-state index in [1.807, 2.05) is 31.2 Å². The predicted octanol–water partition coefficient (Wildman–Crippen LogP) is 4.52. The van der Waals surface area contributed by atoms with Crippen LogP contribution in [0.3, 0.4) is 0 Å². The summed E-state index contributed by atoms with van der Waals surface area (Å²) in [6, 6.07) is 22.4. The number of sulfonamides is 1. The van der Waals surface area contributed by atoms with E-state index in [2.05, 4.69) is 17.5 Å². The number of carbonyl (C=O) groups excluding carboxylic acids is 1. The summed E-state index contributed by atoms with van der Waals surface area (Å²) in [6.45, 7) is 4.24. The molecule has 0 atom stereocenters. The van der Waals surface area contributed by atoms with Gasteiger partial charge in [-0.15, -0.1) is 0 Å². The van der Waals surface area contributed by atoms with Gasteiger partial charge in [-0.3, -0.25) is 9.10 Å². The van der Waals surface area contributed by atoms with Gasteiger partial charge in [-0.25, -0.2) is 13.8 Å². The fraction of sp³-hybridized carbons (Fsp3) is 0.231. The Morgan fingerprint density at radius 3 is 2.32 bits per heavy atom. The van der Waals surface area contributed by atoms with Crippen LogP contribution >= 0.6 is 0 Å². The first-order valence-corrected chi connectivity index (χ1v) is 12.5. The maximum atomic E-state index is 13.3. The number of rotatable bonds is 11. The van der Waals surface area contributed by atoms with Crippen LogP contribution in [0, 0.1) is 6.92 Å². The molecular formula is C26H29N3O4S. The lowest BCUT2D eigenvalue weighted by molar-refractivity contribution is -0.119. The lowest BCUT2D eigenvalue weighted by Gasteiger charge is -2.23. The molecule has 0 aromatic heterocycles. The molecule has 0 heterocycles. The predicted molar refractivity (Wildman–Crippen MR) is 135 cm³/mol. The number of carbonyl (C=O) groups is 1. The maximum Gasteiger partial charge on any atom is 0.264 e. The van der Waals surface area contributed by atoms with Crippen molar-refractivity contribution in [1.82, 2.24) is 5.43 Å². The Bertz CT molecular complexity index is 1190. The SMILES string of the molecule is CCCCOc1ccc(/C=N\NC(=O)CN(c2ccccc2)S(=O)(=O)c2ccc(C)cc2)cc1. The van der Waals surface area contributed by atoms with E-state index in [9.17, 15) is 13.2 Å². The molecule has 178 valence electrons. The number of aryl methyl sites for hydroxylation is 1. The topological polar surface area (TPSA) is 88.1 Å². The molecule has 3 rings (SSSR count). The average molecular weight is 480 g/mol. The molecule has 0 saturated heterocycles. The summed E-state index contributed by atoms with van der Waals surface area (Å²) in [5, 5.41) is 3.97. The Labute approximate surface area is 201 Å². The zero-order valence-electron chi connectivity index (χ0n) is 19.3. The molecule has 0 spiro atoms. The molecule has 0 fully saturated rings. The Morgan fingerprint density at radius 1 is 1.00 bits per heavy atom. The van der Waals surface area contributed by atoms with Gasteiger partial charge < -0.3 is 4.74 Å². The number of para-hydroxylation sites is 1. The first-order valence-electron chi connectivity index (χ1n) is 11.1. The highest BCUT2D eigenvalue weighted by Gasteiger charge is 2.27. The summed E-state index contributed by atoms with van der Waals surface area (Å²) in [7, 11) is -3.95. The van der Waals surface area contributed by atoms with Crippen molar-refractivity contribution < 1.29 is 17.9 Å². The molecule has 0 aliphatic carbocycles. The van der Waals surface area contributed by atoms with Gasteiger partial charge >= 0.3 is 0 Å². The van der Waals surface area contributed by atoms with Crippen LogP contribution in [-0.2, 0) is 14.8 Å². The average Bonchev–Trinajstić information content (AvgIpc) is 2.84. The summed E-state index contributed by atoms with van der Waals surface area (Å²) in [6.07, 6.45) is 3.56. The maximum absolute atomic E-state index is 13.3. The van der Waals surface area contributed by atoms with Crippen molar-refractivity contribution in [3.63, 3.8) is 0 Å². The van der Waals surface area contributed by atoms with Gasteiger partial charge in [0.15, 0.2) is 0 Å². The summed E-state index contributed by atoms with van der Waals surface area (Å²) in [5.74, 6) is 0.213. The Hall–Kier alpha value is -3.65. The molecule has 1 N–H and O–H groups in total. The number of hydrogen-bond acceptors (Lipinski definition) is 5. The minimum absolute atomic E-state index is 0.111. The second kappa shape index (κ2) is 12.0. The van der Waals surface area contributed by atoms with E-state index in [1.54, 1.807) is 42.5 Å². The van der Waals surface area contributed by atoms with Crippen LogP contribution in [0.2, 0.25) is 0 Å². The molecule has 8 heteroatoms. The van der Waals surface area contributed by atoms with Crippen LogP contribution in [0.5, 0.6) is 5.75 Å². The van der Waals surface area contributed by atoms with Gasteiger partial charge in [0.1, 0.15) is 12.3 Å². The van der Waals surface area contributed by atoms with Gasteiger partial charge in [-0.2, -0.15) is 5.10 Å². The van der Waals surface area contributed by atoms with E-state index in [1.165, 1.54) is 18.3 Å². The van der Waals surface area contributed by atoms with Gasteiger partial charge in [0, 0.05) is 0 Å². The molecular weight excluding hydrogens is 450 g/mol. The van der Waals surface area contributed by atoms with Crippen LogP contribution in [0.4, 0.5) is 5.69 Å². The van der Waals surface area contributed by atoms with Gasteiger partial charge in [-0.1, -0.05) is 49.2 Å². The Kier molecular flexibility index (Phi) is 8.81. The van der Waals surface area contributed by atoms with Gasteiger partial charge in [-0.05, 0) is 67.4 Å². The lowest BCUT2D eigenvalue weighted by atomic mass is 10.2. The Morgan fingerprint density at radius 2 is 1.68 bits per heavy atom. The Balaban J connectivity index is 1.68. The van der Waals surface area contributed by atoms with Crippen molar-refractivity contribution in [2.24, 2.45) is 5.10 Å². The molecule has 3 aromatic carbocycles. The monoisotopic (exact) mass is 479 g/mol. The van der Waals surface area contributed by atoms with Crippen molar-refractivity contribution >= 4 is 27.8 Å². The summed E-state index contributed by atoms with van der Waals surface area (Å²) < 4.78 is 33.3. The first kappa shape index (κ1) is 25.0. The van der Waals surface area contributed by atoms with E-state index < -0.39 is 22.5 Å². The van der Waals surface area contributed by atoms with Crippen molar-refractivity contribution in [1.29, 1.82) is 0 Å². The molecule has 34 heavy (non-hydrogen) atoms. The van der Waals surface area contributed by atoms with Gasteiger partial charge in [0.2, 0.25) is 0 Å². The highest BCUT2D eigenvalue weighted by Crippen LogP contribution is 2.23. The molecule has 3 aromatic rings. The number of nitrogens with one attached hydrogen (secondary N) is 1. The minimum Gasteiger partial charge on any atom is -0.494 e. The molecule has 0 radical (unpaired) electrons. The number of hydrogen-bond donors (Lipinski definition) is 1. The van der Waals surface area contributed by atoms with Crippen molar-refractivity contribution in [3.8, 4) is 5.75 Å².